The van der Waals surface area contributed by atoms with Gasteiger partial charge in [-0.05, 0) is 56.8 Å². The highest BCUT2D eigenvalue weighted by Gasteiger charge is 2.43. The smallest absolute Gasteiger partial charge is 0.305 e. The quantitative estimate of drug-likeness (QED) is 0.247. The van der Waals surface area contributed by atoms with Gasteiger partial charge in [0.05, 0.1) is 32.5 Å². The van der Waals surface area contributed by atoms with Crippen LogP contribution in [-0.2, 0) is 19.0 Å². The summed E-state index contributed by atoms with van der Waals surface area (Å²) in [5.74, 6) is -0.518. The lowest BCUT2D eigenvalue weighted by atomic mass is 9.85. The lowest BCUT2D eigenvalue weighted by Gasteiger charge is -2.31. The maximum atomic E-state index is 11.1. The van der Waals surface area contributed by atoms with Crippen molar-refractivity contribution in [3.05, 3.63) is 12.2 Å². The third kappa shape index (κ3) is 7.95. The average Bonchev–Trinajstić information content (AvgIpc) is 3.30. The van der Waals surface area contributed by atoms with Crippen LogP contribution >= 0.6 is 0 Å². The molecule has 2 N–H and O–H groups in total. The molecule has 2 rings (SSSR count). The number of carbonyl (C=O) groups is 1. The molecule has 30 heavy (non-hydrogen) atoms. The van der Waals surface area contributed by atoms with Gasteiger partial charge in [0, 0.05) is 19.3 Å². The van der Waals surface area contributed by atoms with E-state index in [1.807, 2.05) is 0 Å². The molecule has 0 aromatic rings. The van der Waals surface area contributed by atoms with Crippen LogP contribution in [0.25, 0.3) is 0 Å². The normalized spacial score (nSPS) is 28.4. The molecular formula is C24H42O6. The number of unbranched alkanes of at least 4 members (excludes halogenated alkanes) is 4. The van der Waals surface area contributed by atoms with Gasteiger partial charge in [0.2, 0.25) is 0 Å². The van der Waals surface area contributed by atoms with E-state index in [2.05, 4.69) is 23.8 Å². The molecule has 4 atom stereocenters. The number of hydrogen-bond acceptors (Lipinski definition) is 6. The summed E-state index contributed by atoms with van der Waals surface area (Å²) < 4.78 is 16.6. The fraction of sp³-hybridized carbons (Fsp3) is 0.875. The third-order valence-corrected chi connectivity index (χ3v) is 6.66. The number of rotatable bonds is 14. The zero-order valence-electron chi connectivity index (χ0n) is 18.9. The van der Waals surface area contributed by atoms with Crippen LogP contribution in [0.2, 0.25) is 0 Å². The Morgan fingerprint density at radius 2 is 1.77 bits per heavy atom. The van der Waals surface area contributed by atoms with E-state index in [4.69, 9.17) is 9.47 Å². The Morgan fingerprint density at radius 1 is 1.03 bits per heavy atom. The van der Waals surface area contributed by atoms with Crippen molar-refractivity contribution >= 4 is 5.97 Å². The van der Waals surface area contributed by atoms with Crippen LogP contribution in [-0.4, -0.2) is 54.5 Å². The van der Waals surface area contributed by atoms with Crippen LogP contribution in [0.5, 0.6) is 0 Å². The predicted octanol–water partition coefficient (Wildman–Crippen LogP) is 4.13. The highest BCUT2D eigenvalue weighted by Crippen LogP contribution is 2.41. The van der Waals surface area contributed by atoms with Crippen molar-refractivity contribution in [2.24, 2.45) is 11.8 Å². The molecule has 0 spiro atoms. The van der Waals surface area contributed by atoms with Gasteiger partial charge in [0.25, 0.3) is 0 Å². The summed E-state index contributed by atoms with van der Waals surface area (Å²) >= 11 is 0. The summed E-state index contributed by atoms with van der Waals surface area (Å²) in [5.41, 5.74) is 0. The van der Waals surface area contributed by atoms with E-state index in [9.17, 15) is 15.0 Å². The Labute approximate surface area is 182 Å². The lowest BCUT2D eigenvalue weighted by molar-refractivity contribution is -0.171. The SMILES string of the molecule is CCCCCC1(CC[C@@H]2C(C/C=C\CCCCC(=O)OC)[C@@H](O)C[C@H]2O)OCCO1. The Kier molecular flexibility index (Phi) is 11.4. The van der Waals surface area contributed by atoms with E-state index in [0.29, 0.717) is 26.1 Å². The van der Waals surface area contributed by atoms with Crippen molar-refractivity contribution in [3.63, 3.8) is 0 Å². The minimum Gasteiger partial charge on any atom is -0.469 e. The molecular weight excluding hydrogens is 384 g/mol. The average molecular weight is 427 g/mol. The number of ether oxygens (including phenoxy) is 3. The molecule has 1 saturated carbocycles. The minimum absolute atomic E-state index is 0.0693. The summed E-state index contributed by atoms with van der Waals surface area (Å²) in [4.78, 5) is 11.1. The fourth-order valence-electron chi connectivity index (χ4n) is 4.85. The molecule has 2 fully saturated rings. The minimum atomic E-state index is -0.498. The third-order valence-electron chi connectivity index (χ3n) is 6.66. The molecule has 1 aliphatic heterocycles. The van der Waals surface area contributed by atoms with Gasteiger partial charge < -0.3 is 24.4 Å². The maximum Gasteiger partial charge on any atom is 0.305 e. The number of aliphatic hydroxyl groups is 2. The molecule has 1 saturated heterocycles. The Bertz CT molecular complexity index is 514. The van der Waals surface area contributed by atoms with E-state index in [1.165, 1.54) is 20.0 Å². The van der Waals surface area contributed by atoms with Gasteiger partial charge in [-0.2, -0.15) is 0 Å². The molecule has 2 aliphatic rings. The molecule has 0 radical (unpaired) electrons. The second kappa shape index (κ2) is 13.5. The van der Waals surface area contributed by atoms with Gasteiger partial charge in [-0.3, -0.25) is 4.79 Å². The van der Waals surface area contributed by atoms with E-state index in [0.717, 1.165) is 51.4 Å². The molecule has 0 bridgehead atoms. The molecule has 174 valence electrons. The van der Waals surface area contributed by atoms with E-state index < -0.39 is 18.0 Å². The summed E-state index contributed by atoms with van der Waals surface area (Å²) in [6.07, 6.45) is 13.6. The van der Waals surface area contributed by atoms with Crippen LogP contribution < -0.4 is 0 Å². The number of methoxy groups -OCH3 is 1. The van der Waals surface area contributed by atoms with Crippen LogP contribution in [0.4, 0.5) is 0 Å². The lowest BCUT2D eigenvalue weighted by Crippen LogP contribution is -2.33. The van der Waals surface area contributed by atoms with Crippen LogP contribution in [0.15, 0.2) is 12.2 Å². The van der Waals surface area contributed by atoms with Crippen molar-refractivity contribution < 1.29 is 29.2 Å². The predicted molar refractivity (Wildman–Crippen MR) is 116 cm³/mol. The molecule has 6 heteroatoms. The van der Waals surface area contributed by atoms with Gasteiger partial charge >= 0.3 is 5.97 Å². The van der Waals surface area contributed by atoms with Gasteiger partial charge in [0.15, 0.2) is 5.79 Å². The standard InChI is InChI=1S/C24H42O6/c1-3-4-10-14-24(29-16-17-30-24)15-13-20-19(21(25)18-22(20)26)11-8-6-5-7-9-12-23(27)28-2/h6,8,19-22,25-26H,3-5,7,9-18H2,1-2H3/b8-6-/t19?,20-,21+,22-/m1/s1. The zero-order valence-corrected chi connectivity index (χ0v) is 18.9. The highest BCUT2D eigenvalue weighted by molar-refractivity contribution is 5.68. The summed E-state index contributed by atoms with van der Waals surface area (Å²) in [5, 5.41) is 21.0. The van der Waals surface area contributed by atoms with Crippen molar-refractivity contribution in [1.29, 1.82) is 0 Å². The van der Waals surface area contributed by atoms with Crippen molar-refractivity contribution in [1.82, 2.24) is 0 Å². The van der Waals surface area contributed by atoms with E-state index in [1.54, 1.807) is 0 Å². The molecule has 1 aliphatic carbocycles. The van der Waals surface area contributed by atoms with Gasteiger partial charge in [-0.15, -0.1) is 0 Å². The first-order valence-corrected chi connectivity index (χ1v) is 11.9. The first-order chi connectivity index (χ1) is 14.5. The molecule has 6 nitrogen and oxygen atoms in total. The Morgan fingerprint density at radius 3 is 2.47 bits per heavy atom. The second-order valence-electron chi connectivity index (χ2n) is 8.83. The van der Waals surface area contributed by atoms with Crippen molar-refractivity contribution in [2.45, 2.75) is 102 Å². The monoisotopic (exact) mass is 426 g/mol. The Balaban J connectivity index is 1.79. The number of allylic oxidation sites excluding steroid dienone is 2. The van der Waals surface area contributed by atoms with E-state index >= 15 is 0 Å². The molecule has 0 aromatic carbocycles. The fourth-order valence-corrected chi connectivity index (χ4v) is 4.85. The number of carbonyl (C=O) groups excluding carboxylic acids is 1. The first kappa shape index (κ1) is 25.3. The van der Waals surface area contributed by atoms with Crippen LogP contribution in [0.1, 0.15) is 84.0 Å². The summed E-state index contributed by atoms with van der Waals surface area (Å²) in [7, 11) is 1.41. The van der Waals surface area contributed by atoms with Gasteiger partial charge in [-0.25, -0.2) is 0 Å². The second-order valence-corrected chi connectivity index (χ2v) is 8.83. The van der Waals surface area contributed by atoms with Gasteiger partial charge in [-0.1, -0.05) is 31.9 Å². The number of esters is 1. The molecule has 0 amide bonds. The molecule has 1 unspecified atom stereocenters. The van der Waals surface area contributed by atoms with Crippen LogP contribution in [0.3, 0.4) is 0 Å². The maximum absolute atomic E-state index is 11.1. The van der Waals surface area contributed by atoms with E-state index in [-0.39, 0.29) is 17.8 Å². The highest BCUT2D eigenvalue weighted by atomic mass is 16.7. The first-order valence-electron chi connectivity index (χ1n) is 11.9. The van der Waals surface area contributed by atoms with Crippen molar-refractivity contribution in [3.8, 4) is 0 Å². The molecule has 1 heterocycles. The zero-order chi connectivity index (χ0) is 21.8. The largest absolute Gasteiger partial charge is 0.469 e. The topological polar surface area (TPSA) is 85.2 Å². The Hall–Kier alpha value is -0.950. The van der Waals surface area contributed by atoms with Crippen LogP contribution in [0, 0.1) is 11.8 Å². The summed E-state index contributed by atoms with van der Waals surface area (Å²) in [6.45, 7) is 3.48. The number of hydrogen-bond donors (Lipinski definition) is 2. The summed E-state index contributed by atoms with van der Waals surface area (Å²) in [6, 6.07) is 0. The number of aliphatic hydroxyl groups excluding tert-OH is 2. The van der Waals surface area contributed by atoms with Gasteiger partial charge in [0.1, 0.15) is 0 Å². The van der Waals surface area contributed by atoms with Crippen molar-refractivity contribution in [2.75, 3.05) is 20.3 Å². The molecule has 0 aromatic heterocycles.